The Morgan fingerprint density at radius 2 is 1.39 bits per heavy atom. The molecule has 2 amide bonds. The maximum atomic E-state index is 12.2. The zero-order chi connectivity index (χ0) is 18.4. The molecule has 12 heteroatoms. The normalized spacial score (nSPS) is 16.1. The molecule has 0 saturated carbocycles. The molecule has 0 aliphatic rings. The standard InChI is InChI=1S/C11H19N3O8S/c12-5(1-15)8(19)14(9(20)6(13)2-16)11(4-17,10(21)22)7(18)3-23/h5-6,15-17,23H,1-4,12-13H2,(H,21,22). The first-order valence-electron chi connectivity index (χ1n) is 6.24. The van der Waals surface area contributed by atoms with Crippen LogP contribution in [0.5, 0.6) is 0 Å². The van der Waals surface area contributed by atoms with Crippen LogP contribution in [0.25, 0.3) is 0 Å². The molecule has 0 aromatic carbocycles. The molecule has 0 spiro atoms. The third-order valence-electron chi connectivity index (χ3n) is 3.04. The quantitative estimate of drug-likeness (QED) is 0.156. The topological polar surface area (TPSA) is 204 Å². The molecular weight excluding hydrogens is 334 g/mol. The van der Waals surface area contributed by atoms with Gasteiger partial charge in [-0.1, -0.05) is 0 Å². The maximum Gasteiger partial charge on any atom is 0.340 e. The smallest absolute Gasteiger partial charge is 0.340 e. The summed E-state index contributed by atoms with van der Waals surface area (Å²) in [7, 11) is 0. The van der Waals surface area contributed by atoms with Crippen molar-refractivity contribution in [3.63, 3.8) is 0 Å². The third kappa shape index (κ3) is 4.04. The number of hydrogen-bond donors (Lipinski definition) is 7. The molecule has 0 radical (unpaired) electrons. The monoisotopic (exact) mass is 353 g/mol. The number of carbonyl (C=O) groups is 4. The van der Waals surface area contributed by atoms with Gasteiger partial charge in [-0.25, -0.2) is 4.79 Å². The highest BCUT2D eigenvalue weighted by molar-refractivity contribution is 7.81. The molecule has 23 heavy (non-hydrogen) atoms. The molecule has 0 saturated heterocycles. The molecule has 0 aromatic heterocycles. The average molecular weight is 353 g/mol. The average Bonchev–Trinajstić information content (AvgIpc) is 2.55. The molecule has 132 valence electrons. The van der Waals surface area contributed by atoms with Crippen molar-refractivity contribution >= 4 is 36.2 Å². The number of nitrogens with two attached hydrogens (primary N) is 2. The number of hydrogen-bond acceptors (Lipinski definition) is 10. The molecule has 0 bridgehead atoms. The van der Waals surface area contributed by atoms with Crippen LogP contribution in [0.2, 0.25) is 0 Å². The van der Waals surface area contributed by atoms with Crippen molar-refractivity contribution in [2.75, 3.05) is 25.6 Å². The van der Waals surface area contributed by atoms with E-state index in [1.54, 1.807) is 0 Å². The Balaban J connectivity index is 6.35. The van der Waals surface area contributed by atoms with E-state index < -0.39 is 66.8 Å². The van der Waals surface area contributed by atoms with Crippen molar-refractivity contribution in [2.24, 2.45) is 11.5 Å². The van der Waals surface area contributed by atoms with E-state index in [1.807, 2.05) is 0 Å². The van der Waals surface area contributed by atoms with E-state index in [1.165, 1.54) is 0 Å². The van der Waals surface area contributed by atoms with E-state index in [0.717, 1.165) is 0 Å². The van der Waals surface area contributed by atoms with Crippen molar-refractivity contribution in [2.45, 2.75) is 17.6 Å². The summed E-state index contributed by atoms with van der Waals surface area (Å²) in [6, 6.07) is -3.49. The van der Waals surface area contributed by atoms with Crippen molar-refractivity contribution < 1.29 is 39.6 Å². The number of ketones is 1. The zero-order valence-electron chi connectivity index (χ0n) is 12.0. The van der Waals surface area contributed by atoms with Gasteiger partial charge in [-0.05, 0) is 0 Å². The molecule has 0 aromatic rings. The van der Waals surface area contributed by atoms with Crippen molar-refractivity contribution in [1.82, 2.24) is 4.90 Å². The van der Waals surface area contributed by atoms with E-state index in [9.17, 15) is 29.4 Å². The summed E-state index contributed by atoms with van der Waals surface area (Å²) in [5.74, 6) is -6.93. The molecule has 8 N–H and O–H groups in total. The minimum Gasteiger partial charge on any atom is -0.479 e. The van der Waals surface area contributed by atoms with Gasteiger partial charge in [0.15, 0.2) is 5.78 Å². The van der Waals surface area contributed by atoms with E-state index in [4.69, 9.17) is 21.7 Å². The van der Waals surface area contributed by atoms with Crippen molar-refractivity contribution in [1.29, 1.82) is 0 Å². The van der Waals surface area contributed by atoms with Crippen LogP contribution in [0.4, 0.5) is 0 Å². The summed E-state index contributed by atoms with van der Waals surface area (Å²) in [5.41, 5.74) is 7.56. The lowest BCUT2D eigenvalue weighted by molar-refractivity contribution is -0.174. The second-order valence-electron chi connectivity index (χ2n) is 4.49. The number of rotatable bonds is 9. The minimum absolute atomic E-state index is 0.129. The number of aliphatic carboxylic acids is 1. The number of aliphatic hydroxyl groups excluding tert-OH is 3. The largest absolute Gasteiger partial charge is 0.479 e. The lowest BCUT2D eigenvalue weighted by atomic mass is 9.91. The number of carboxylic acids is 1. The van der Waals surface area contributed by atoms with Gasteiger partial charge in [-0.15, -0.1) is 0 Å². The summed E-state index contributed by atoms with van der Waals surface area (Å²) in [5, 5.41) is 36.6. The van der Waals surface area contributed by atoms with Crippen LogP contribution in [0.15, 0.2) is 0 Å². The Morgan fingerprint density at radius 3 is 1.61 bits per heavy atom. The van der Waals surface area contributed by atoms with Gasteiger partial charge in [0, 0.05) is 0 Å². The van der Waals surface area contributed by atoms with Crippen molar-refractivity contribution in [3.05, 3.63) is 0 Å². The summed E-state index contributed by atoms with van der Waals surface area (Å²) in [4.78, 5) is 47.8. The van der Waals surface area contributed by atoms with Crippen LogP contribution in [-0.2, 0) is 19.2 Å². The fraction of sp³-hybridized carbons (Fsp3) is 0.636. The number of aliphatic hydroxyl groups is 3. The number of Topliss-reactive ketones (excluding diaryl/α,β-unsaturated/α-hetero) is 1. The van der Waals surface area contributed by atoms with Gasteiger partial charge in [-0.3, -0.25) is 19.3 Å². The maximum absolute atomic E-state index is 12.2. The molecule has 0 aliphatic carbocycles. The Labute approximate surface area is 136 Å². The minimum atomic E-state index is -3.02. The first kappa shape index (κ1) is 21.4. The summed E-state index contributed by atoms with van der Waals surface area (Å²) < 4.78 is 0. The fourth-order valence-electron chi connectivity index (χ4n) is 1.67. The number of amides is 2. The second-order valence-corrected chi connectivity index (χ2v) is 4.81. The first-order chi connectivity index (χ1) is 10.6. The number of thiol groups is 1. The summed E-state index contributed by atoms with van der Waals surface area (Å²) in [6.07, 6.45) is 0. The zero-order valence-corrected chi connectivity index (χ0v) is 12.8. The summed E-state index contributed by atoms with van der Waals surface area (Å²) >= 11 is 3.60. The molecule has 0 heterocycles. The number of imide groups is 1. The van der Waals surface area contributed by atoms with Gasteiger partial charge < -0.3 is 31.9 Å². The van der Waals surface area contributed by atoms with Crippen molar-refractivity contribution in [3.8, 4) is 0 Å². The lowest BCUT2D eigenvalue weighted by Crippen LogP contribution is -2.71. The van der Waals surface area contributed by atoms with E-state index >= 15 is 0 Å². The number of carboxylic acid groups (broad SMARTS) is 1. The summed E-state index contributed by atoms with van der Waals surface area (Å²) in [6.45, 7) is -3.39. The lowest BCUT2D eigenvalue weighted by Gasteiger charge is -2.38. The molecule has 0 rings (SSSR count). The Bertz CT molecular complexity index is 466. The van der Waals surface area contributed by atoms with Gasteiger partial charge in [0.05, 0.1) is 25.6 Å². The number of carbonyl (C=O) groups excluding carboxylic acids is 3. The fourth-order valence-corrected chi connectivity index (χ4v) is 1.93. The van der Waals surface area contributed by atoms with Gasteiger partial charge in [0.25, 0.3) is 0 Å². The second kappa shape index (κ2) is 8.90. The molecule has 11 nitrogen and oxygen atoms in total. The van der Waals surface area contributed by atoms with Gasteiger partial charge >= 0.3 is 5.97 Å². The Kier molecular flexibility index (Phi) is 8.30. The van der Waals surface area contributed by atoms with Crippen LogP contribution < -0.4 is 11.5 Å². The van der Waals surface area contributed by atoms with E-state index in [-0.39, 0.29) is 4.90 Å². The van der Waals surface area contributed by atoms with Crippen LogP contribution in [-0.4, -0.2) is 92.1 Å². The van der Waals surface area contributed by atoms with Crippen LogP contribution in [0.1, 0.15) is 0 Å². The molecule has 3 unspecified atom stereocenters. The molecule has 0 fully saturated rings. The van der Waals surface area contributed by atoms with Gasteiger partial charge in [0.2, 0.25) is 17.4 Å². The highest BCUT2D eigenvalue weighted by atomic mass is 32.1. The van der Waals surface area contributed by atoms with Crippen LogP contribution >= 0.6 is 12.6 Å². The molecular formula is C11H19N3O8S. The first-order valence-corrected chi connectivity index (χ1v) is 6.88. The van der Waals surface area contributed by atoms with Gasteiger partial charge in [0.1, 0.15) is 12.1 Å². The predicted octanol–water partition coefficient (Wildman–Crippen LogP) is -4.70. The highest BCUT2D eigenvalue weighted by Gasteiger charge is 2.56. The predicted molar refractivity (Wildman–Crippen MR) is 78.3 cm³/mol. The Hall–Kier alpha value is -1.57. The van der Waals surface area contributed by atoms with Gasteiger partial charge in [-0.2, -0.15) is 12.6 Å². The van der Waals surface area contributed by atoms with Crippen LogP contribution in [0, 0.1) is 0 Å². The number of nitrogens with zero attached hydrogens (tertiary/aromatic N) is 1. The van der Waals surface area contributed by atoms with E-state index in [2.05, 4.69) is 12.6 Å². The third-order valence-corrected chi connectivity index (χ3v) is 3.33. The van der Waals surface area contributed by atoms with Crippen LogP contribution in [0.3, 0.4) is 0 Å². The highest BCUT2D eigenvalue weighted by Crippen LogP contribution is 2.21. The SMILES string of the molecule is NC(CO)C(=O)N(C(=O)C(N)CO)C(CO)(C(=O)O)C(=O)CS. The molecule has 3 atom stereocenters. The molecule has 0 aliphatic heterocycles. The van der Waals surface area contributed by atoms with E-state index in [0.29, 0.717) is 0 Å². The Morgan fingerprint density at radius 1 is 1.00 bits per heavy atom.